The second-order valence-electron chi connectivity index (χ2n) is 6.92. The van der Waals surface area contributed by atoms with Crippen molar-refractivity contribution in [2.45, 2.75) is 19.3 Å². The summed E-state index contributed by atoms with van der Waals surface area (Å²) in [6, 6.07) is 6.97. The summed E-state index contributed by atoms with van der Waals surface area (Å²) < 4.78 is 5.07. The summed E-state index contributed by atoms with van der Waals surface area (Å²) in [6.07, 6.45) is 2.81. The molecule has 0 N–H and O–H groups in total. The smallest absolute Gasteiger partial charge is 0.248 e. The molecule has 7 nitrogen and oxygen atoms in total. The van der Waals surface area contributed by atoms with Crippen molar-refractivity contribution in [3.05, 3.63) is 29.3 Å². The number of methoxy groups -OCH3 is 1. The molecular weight excluding hydrogens is 370 g/mol. The van der Waals surface area contributed by atoms with Crippen molar-refractivity contribution in [2.24, 2.45) is 5.92 Å². The van der Waals surface area contributed by atoms with Crippen LogP contribution in [0.5, 0.6) is 0 Å². The molecule has 0 spiro atoms. The van der Waals surface area contributed by atoms with E-state index in [1.54, 1.807) is 36.3 Å². The highest BCUT2D eigenvalue weighted by molar-refractivity contribution is 6.31. The monoisotopic (exact) mass is 393 g/mol. The fourth-order valence-corrected chi connectivity index (χ4v) is 3.41. The van der Waals surface area contributed by atoms with Crippen LogP contribution in [0.3, 0.4) is 0 Å². The van der Waals surface area contributed by atoms with Crippen LogP contribution < -0.4 is 4.90 Å². The van der Waals surface area contributed by atoms with Crippen LogP contribution >= 0.6 is 11.6 Å². The van der Waals surface area contributed by atoms with Crippen molar-refractivity contribution in [3.63, 3.8) is 0 Å². The number of carbonyl (C=O) groups is 3. The topological polar surface area (TPSA) is 70.2 Å². The van der Waals surface area contributed by atoms with E-state index in [1.165, 1.54) is 9.80 Å². The lowest BCUT2D eigenvalue weighted by atomic mass is 9.84. The number of rotatable bonds is 7. The zero-order valence-corrected chi connectivity index (χ0v) is 16.2. The van der Waals surface area contributed by atoms with Crippen LogP contribution in [0.2, 0.25) is 5.02 Å². The molecule has 1 aromatic rings. The third-order valence-corrected chi connectivity index (χ3v) is 5.30. The van der Waals surface area contributed by atoms with E-state index in [2.05, 4.69) is 0 Å². The molecule has 8 heteroatoms. The summed E-state index contributed by atoms with van der Waals surface area (Å²) in [7, 11) is 1.57. The van der Waals surface area contributed by atoms with Gasteiger partial charge in [0, 0.05) is 30.3 Å². The third-order valence-electron chi connectivity index (χ3n) is 5.07. The minimum Gasteiger partial charge on any atom is -0.383 e. The fraction of sp³-hybridized carbons (Fsp3) is 0.526. The van der Waals surface area contributed by atoms with Crippen LogP contribution in [-0.2, 0) is 19.1 Å². The van der Waals surface area contributed by atoms with E-state index >= 15 is 0 Å². The summed E-state index contributed by atoms with van der Waals surface area (Å²) in [5, 5.41) is 0.530. The molecule has 3 amide bonds. The molecule has 0 bridgehead atoms. The van der Waals surface area contributed by atoms with Gasteiger partial charge in [0.1, 0.15) is 13.2 Å². The summed E-state index contributed by atoms with van der Waals surface area (Å²) in [5.41, 5.74) is 0.657. The lowest BCUT2D eigenvalue weighted by Gasteiger charge is -2.32. The van der Waals surface area contributed by atoms with Gasteiger partial charge in [-0.15, -0.1) is 0 Å². The molecule has 1 saturated heterocycles. The van der Waals surface area contributed by atoms with Gasteiger partial charge in [0.2, 0.25) is 17.7 Å². The maximum Gasteiger partial charge on any atom is 0.248 e. The summed E-state index contributed by atoms with van der Waals surface area (Å²) in [6.45, 7) is 0.876. The maximum atomic E-state index is 12.7. The number of hydrogen-bond donors (Lipinski definition) is 0. The Balaban J connectivity index is 1.63. The standard InChI is InChI=1S/C19H24ClN3O4/c1-27-9-8-21(19(26)14-4-2-5-14)11-17(24)22-12-18(25)23(13-22)16-7-3-6-15(20)10-16/h3,6-7,10,14H,2,4-5,8-9,11-13H2,1H3. The average Bonchev–Trinajstić information content (AvgIpc) is 2.98. The van der Waals surface area contributed by atoms with Crippen molar-refractivity contribution in [2.75, 3.05) is 44.9 Å². The Kier molecular flexibility index (Phi) is 6.34. The van der Waals surface area contributed by atoms with Crippen LogP contribution in [-0.4, -0.2) is 67.5 Å². The Hall–Kier alpha value is -2.12. The highest BCUT2D eigenvalue weighted by Gasteiger charge is 2.35. The molecule has 27 heavy (non-hydrogen) atoms. The van der Waals surface area contributed by atoms with E-state index in [1.807, 2.05) is 0 Å². The molecule has 0 unspecified atom stereocenters. The van der Waals surface area contributed by atoms with E-state index in [0.717, 1.165) is 19.3 Å². The molecule has 0 radical (unpaired) electrons. The molecule has 0 atom stereocenters. The van der Waals surface area contributed by atoms with E-state index in [9.17, 15) is 14.4 Å². The maximum absolute atomic E-state index is 12.7. The Morgan fingerprint density at radius 3 is 2.74 bits per heavy atom. The van der Waals surface area contributed by atoms with Crippen LogP contribution in [0.1, 0.15) is 19.3 Å². The lowest BCUT2D eigenvalue weighted by molar-refractivity contribution is -0.145. The fourth-order valence-electron chi connectivity index (χ4n) is 3.23. The number of nitrogens with zero attached hydrogens (tertiary/aromatic N) is 3. The van der Waals surface area contributed by atoms with Crippen LogP contribution in [0.4, 0.5) is 5.69 Å². The molecule has 2 fully saturated rings. The number of ether oxygens (including phenoxy) is 1. The zero-order valence-electron chi connectivity index (χ0n) is 15.4. The highest BCUT2D eigenvalue weighted by atomic mass is 35.5. The minimum atomic E-state index is -0.239. The summed E-state index contributed by atoms with van der Waals surface area (Å²) in [4.78, 5) is 42.2. The second-order valence-corrected chi connectivity index (χ2v) is 7.35. The van der Waals surface area contributed by atoms with Crippen molar-refractivity contribution in [1.29, 1.82) is 0 Å². The Morgan fingerprint density at radius 2 is 2.11 bits per heavy atom. The first-order valence-electron chi connectivity index (χ1n) is 9.11. The molecule has 3 rings (SSSR count). The quantitative estimate of drug-likeness (QED) is 0.707. The van der Waals surface area contributed by atoms with E-state index in [4.69, 9.17) is 16.3 Å². The molecule has 1 heterocycles. The molecule has 1 saturated carbocycles. The second kappa shape index (κ2) is 8.71. The van der Waals surface area contributed by atoms with E-state index in [0.29, 0.717) is 23.9 Å². The van der Waals surface area contributed by atoms with Crippen molar-refractivity contribution in [3.8, 4) is 0 Å². The predicted octanol–water partition coefficient (Wildman–Crippen LogP) is 1.75. The van der Waals surface area contributed by atoms with E-state index < -0.39 is 0 Å². The van der Waals surface area contributed by atoms with Gasteiger partial charge in [-0.25, -0.2) is 0 Å². The average molecular weight is 394 g/mol. The lowest BCUT2D eigenvalue weighted by Crippen LogP contribution is -2.47. The highest BCUT2D eigenvalue weighted by Crippen LogP contribution is 2.28. The van der Waals surface area contributed by atoms with Gasteiger partial charge in [-0.2, -0.15) is 0 Å². The van der Waals surface area contributed by atoms with Gasteiger partial charge in [-0.05, 0) is 31.0 Å². The predicted molar refractivity (Wildman–Crippen MR) is 101 cm³/mol. The molecule has 1 aliphatic heterocycles. The Morgan fingerprint density at radius 1 is 1.33 bits per heavy atom. The minimum absolute atomic E-state index is 0.00107. The largest absolute Gasteiger partial charge is 0.383 e. The first kappa shape index (κ1) is 19.6. The molecule has 1 aliphatic carbocycles. The van der Waals surface area contributed by atoms with Crippen LogP contribution in [0, 0.1) is 5.92 Å². The number of anilines is 1. The van der Waals surface area contributed by atoms with Crippen molar-refractivity contribution in [1.82, 2.24) is 9.80 Å². The van der Waals surface area contributed by atoms with Gasteiger partial charge >= 0.3 is 0 Å². The van der Waals surface area contributed by atoms with Gasteiger partial charge in [0.15, 0.2) is 0 Å². The summed E-state index contributed by atoms with van der Waals surface area (Å²) in [5.74, 6) is -0.391. The zero-order chi connectivity index (χ0) is 19.4. The van der Waals surface area contributed by atoms with E-state index in [-0.39, 0.29) is 43.4 Å². The number of carbonyl (C=O) groups excluding carboxylic acids is 3. The molecular formula is C19H24ClN3O4. The van der Waals surface area contributed by atoms with Gasteiger partial charge < -0.3 is 14.5 Å². The first-order valence-corrected chi connectivity index (χ1v) is 9.49. The van der Waals surface area contributed by atoms with Gasteiger partial charge in [-0.3, -0.25) is 19.3 Å². The van der Waals surface area contributed by atoms with Crippen molar-refractivity contribution >= 4 is 35.0 Å². The van der Waals surface area contributed by atoms with Crippen LogP contribution in [0.15, 0.2) is 24.3 Å². The third kappa shape index (κ3) is 4.59. The van der Waals surface area contributed by atoms with Gasteiger partial charge in [-0.1, -0.05) is 24.1 Å². The first-order chi connectivity index (χ1) is 13.0. The SMILES string of the molecule is COCCN(CC(=O)N1CC(=O)N(c2cccc(Cl)c2)C1)C(=O)C1CCC1. The Labute approximate surface area is 163 Å². The van der Waals surface area contributed by atoms with Gasteiger partial charge in [0.25, 0.3) is 0 Å². The number of benzene rings is 1. The van der Waals surface area contributed by atoms with Crippen LogP contribution in [0.25, 0.3) is 0 Å². The molecule has 0 aromatic heterocycles. The normalized spacial score (nSPS) is 17.2. The van der Waals surface area contributed by atoms with Gasteiger partial charge in [0.05, 0.1) is 13.2 Å². The number of hydrogen-bond acceptors (Lipinski definition) is 4. The van der Waals surface area contributed by atoms with Crippen molar-refractivity contribution < 1.29 is 19.1 Å². The molecule has 146 valence electrons. The molecule has 2 aliphatic rings. The Bertz CT molecular complexity index is 723. The molecule has 1 aromatic carbocycles. The number of halogens is 1. The number of amides is 3. The summed E-state index contributed by atoms with van der Waals surface area (Å²) >= 11 is 6.00.